The van der Waals surface area contributed by atoms with Crippen LogP contribution in [-0.4, -0.2) is 46.0 Å². The fourth-order valence-corrected chi connectivity index (χ4v) is 2.85. The van der Waals surface area contributed by atoms with E-state index in [1.807, 2.05) is 0 Å². The quantitative estimate of drug-likeness (QED) is 0.724. The second kappa shape index (κ2) is 8.80. The van der Waals surface area contributed by atoms with Crippen LogP contribution >= 0.6 is 0 Å². The summed E-state index contributed by atoms with van der Waals surface area (Å²) in [5, 5.41) is 0. The van der Waals surface area contributed by atoms with Gasteiger partial charge in [0.1, 0.15) is 0 Å². The highest BCUT2D eigenvalue weighted by Gasteiger charge is 2.13. The van der Waals surface area contributed by atoms with E-state index in [1.54, 1.807) is 24.3 Å². The van der Waals surface area contributed by atoms with Gasteiger partial charge >= 0.3 is 0 Å². The van der Waals surface area contributed by atoms with Crippen LogP contribution in [0, 0.1) is 11.8 Å². The first-order chi connectivity index (χ1) is 10.0. The molecule has 6 heteroatoms. The zero-order chi connectivity index (χ0) is 15.7. The van der Waals surface area contributed by atoms with E-state index in [4.69, 9.17) is 5.73 Å². The third-order valence-corrected chi connectivity index (χ3v) is 4.59. The van der Waals surface area contributed by atoms with Crippen LogP contribution in [0.1, 0.15) is 19.4 Å². The minimum Gasteiger partial charge on any atom is -0.320 e. The van der Waals surface area contributed by atoms with Gasteiger partial charge in [0.2, 0.25) is 10.0 Å². The van der Waals surface area contributed by atoms with E-state index in [1.165, 1.54) is 0 Å². The van der Waals surface area contributed by atoms with Gasteiger partial charge < -0.3 is 10.6 Å². The van der Waals surface area contributed by atoms with Gasteiger partial charge in [-0.2, -0.15) is 0 Å². The van der Waals surface area contributed by atoms with E-state index < -0.39 is 10.0 Å². The molecule has 0 amide bonds. The van der Waals surface area contributed by atoms with Gasteiger partial charge in [-0.15, -0.1) is 0 Å². The number of likely N-dealkylation sites (N-methyl/N-ethyl adjacent to an activating group) is 1. The molecule has 0 atom stereocenters. The molecule has 0 aliphatic heterocycles. The van der Waals surface area contributed by atoms with Gasteiger partial charge in [-0.05, 0) is 37.4 Å². The smallest absolute Gasteiger partial charge is 0.240 e. The second-order valence-corrected chi connectivity index (χ2v) is 6.22. The van der Waals surface area contributed by atoms with Crippen LogP contribution in [0.25, 0.3) is 0 Å². The van der Waals surface area contributed by atoms with Crippen molar-refractivity contribution in [1.82, 2.24) is 9.62 Å². The Kier molecular flexibility index (Phi) is 7.40. The molecule has 0 aliphatic carbocycles. The number of rotatable bonds is 7. The Morgan fingerprint density at radius 2 is 1.81 bits per heavy atom. The van der Waals surface area contributed by atoms with E-state index >= 15 is 0 Å². The van der Waals surface area contributed by atoms with Crippen molar-refractivity contribution < 1.29 is 8.42 Å². The third kappa shape index (κ3) is 5.86. The van der Waals surface area contributed by atoms with Gasteiger partial charge in [-0.3, -0.25) is 0 Å². The van der Waals surface area contributed by atoms with Gasteiger partial charge in [0.15, 0.2) is 0 Å². The molecule has 0 aromatic heterocycles. The summed E-state index contributed by atoms with van der Waals surface area (Å²) in [5.41, 5.74) is 6.05. The Balaban J connectivity index is 2.66. The van der Waals surface area contributed by atoms with E-state index in [0.29, 0.717) is 13.1 Å². The summed E-state index contributed by atoms with van der Waals surface area (Å²) in [6.07, 6.45) is 0. The van der Waals surface area contributed by atoms with Gasteiger partial charge in [0.25, 0.3) is 0 Å². The molecule has 1 rings (SSSR count). The molecule has 0 aliphatic rings. The molecule has 0 bridgehead atoms. The van der Waals surface area contributed by atoms with Gasteiger partial charge in [0.05, 0.1) is 11.4 Å². The van der Waals surface area contributed by atoms with Gasteiger partial charge in [-0.1, -0.05) is 25.7 Å². The van der Waals surface area contributed by atoms with Crippen LogP contribution in [0.15, 0.2) is 29.2 Å². The van der Waals surface area contributed by atoms with E-state index in [9.17, 15) is 8.42 Å². The number of hydrogen-bond acceptors (Lipinski definition) is 4. The van der Waals surface area contributed by atoms with Crippen LogP contribution in [0.5, 0.6) is 0 Å². The van der Waals surface area contributed by atoms with Gasteiger partial charge in [0, 0.05) is 18.7 Å². The first-order valence-corrected chi connectivity index (χ1v) is 8.52. The number of nitrogens with zero attached hydrogens (tertiary/aromatic N) is 1. The van der Waals surface area contributed by atoms with Crippen molar-refractivity contribution in [1.29, 1.82) is 0 Å². The summed E-state index contributed by atoms with van der Waals surface area (Å²) in [6, 6.07) is 6.48. The summed E-state index contributed by atoms with van der Waals surface area (Å²) in [4.78, 5) is 2.41. The zero-order valence-electron chi connectivity index (χ0n) is 12.6. The van der Waals surface area contributed by atoms with Crippen molar-refractivity contribution in [3.05, 3.63) is 29.8 Å². The third-order valence-electron chi connectivity index (χ3n) is 3.11. The molecule has 1 aromatic carbocycles. The topological polar surface area (TPSA) is 75.4 Å². The Morgan fingerprint density at radius 3 is 2.33 bits per heavy atom. The maximum Gasteiger partial charge on any atom is 0.240 e. The number of nitrogens with two attached hydrogens (primary N) is 1. The molecular formula is C15H23N3O2S. The second-order valence-electron chi connectivity index (χ2n) is 4.45. The Morgan fingerprint density at radius 1 is 1.19 bits per heavy atom. The maximum absolute atomic E-state index is 12.1. The summed E-state index contributed by atoms with van der Waals surface area (Å²) in [5.74, 6) is 5.59. The lowest BCUT2D eigenvalue weighted by Gasteiger charge is -2.18. The molecule has 0 saturated carbocycles. The van der Waals surface area contributed by atoms with Crippen LogP contribution in [-0.2, 0) is 10.0 Å². The van der Waals surface area contributed by atoms with Crippen molar-refractivity contribution in [3.63, 3.8) is 0 Å². The fourth-order valence-electron chi connectivity index (χ4n) is 1.83. The highest BCUT2D eigenvalue weighted by Crippen LogP contribution is 2.09. The van der Waals surface area contributed by atoms with Crippen LogP contribution < -0.4 is 10.5 Å². The van der Waals surface area contributed by atoms with E-state index in [0.717, 1.165) is 18.7 Å². The largest absolute Gasteiger partial charge is 0.320 e. The molecule has 5 nitrogen and oxygen atoms in total. The van der Waals surface area contributed by atoms with Crippen molar-refractivity contribution in [2.24, 2.45) is 5.73 Å². The van der Waals surface area contributed by atoms with Crippen molar-refractivity contribution in [3.8, 4) is 11.8 Å². The number of sulfonamides is 1. The molecule has 0 unspecified atom stereocenters. The van der Waals surface area contributed by atoms with Crippen molar-refractivity contribution >= 4 is 10.0 Å². The SMILES string of the molecule is CCN(CC)CCNS(=O)(=O)c1ccc(C#CCN)cc1. The Bertz CT molecular complexity index is 582. The monoisotopic (exact) mass is 309 g/mol. The number of benzene rings is 1. The highest BCUT2D eigenvalue weighted by atomic mass is 32.2. The zero-order valence-corrected chi connectivity index (χ0v) is 13.4. The molecular weight excluding hydrogens is 286 g/mol. The average Bonchev–Trinajstić information content (AvgIpc) is 2.50. The summed E-state index contributed by atoms with van der Waals surface area (Å²) < 4.78 is 26.9. The molecule has 21 heavy (non-hydrogen) atoms. The molecule has 0 saturated heterocycles. The summed E-state index contributed by atoms with van der Waals surface area (Å²) in [7, 11) is -3.46. The predicted molar refractivity (Wildman–Crippen MR) is 85.4 cm³/mol. The standard InChI is InChI=1S/C15H23N3O2S/c1-3-18(4-2)13-12-17-21(19,20)15-9-7-14(8-10-15)6-5-11-16/h7-10,17H,3-4,11-13,16H2,1-2H3. The molecule has 0 radical (unpaired) electrons. The van der Waals surface area contributed by atoms with E-state index in [2.05, 4.69) is 35.3 Å². The lowest BCUT2D eigenvalue weighted by Crippen LogP contribution is -2.34. The highest BCUT2D eigenvalue weighted by molar-refractivity contribution is 7.89. The normalized spacial score (nSPS) is 11.2. The fraction of sp³-hybridized carbons (Fsp3) is 0.467. The van der Waals surface area contributed by atoms with E-state index in [-0.39, 0.29) is 11.4 Å². The predicted octanol–water partition coefficient (Wildman–Crippen LogP) is 0.617. The lowest BCUT2D eigenvalue weighted by molar-refractivity contribution is 0.309. The molecule has 0 spiro atoms. The minimum absolute atomic E-state index is 0.250. The van der Waals surface area contributed by atoms with Crippen LogP contribution in [0.2, 0.25) is 0 Å². The molecule has 1 aromatic rings. The average molecular weight is 309 g/mol. The number of nitrogens with one attached hydrogen (secondary N) is 1. The summed E-state index contributed by atoms with van der Waals surface area (Å²) in [6.45, 7) is 7.32. The van der Waals surface area contributed by atoms with Crippen molar-refractivity contribution in [2.75, 3.05) is 32.7 Å². The Labute approximate surface area is 127 Å². The maximum atomic E-state index is 12.1. The van der Waals surface area contributed by atoms with Crippen LogP contribution in [0.3, 0.4) is 0 Å². The van der Waals surface area contributed by atoms with Gasteiger partial charge in [-0.25, -0.2) is 13.1 Å². The first kappa shape index (κ1) is 17.7. The first-order valence-electron chi connectivity index (χ1n) is 7.04. The number of hydrogen-bond donors (Lipinski definition) is 2. The van der Waals surface area contributed by atoms with Crippen molar-refractivity contribution in [2.45, 2.75) is 18.7 Å². The molecule has 3 N–H and O–H groups in total. The lowest BCUT2D eigenvalue weighted by atomic mass is 10.2. The molecule has 0 heterocycles. The minimum atomic E-state index is -3.46. The molecule has 0 fully saturated rings. The van der Waals surface area contributed by atoms with Crippen LogP contribution in [0.4, 0.5) is 0 Å². The molecule has 116 valence electrons. The summed E-state index contributed by atoms with van der Waals surface area (Å²) >= 11 is 0. The Hall–Kier alpha value is -1.39.